The summed E-state index contributed by atoms with van der Waals surface area (Å²) in [7, 11) is 1.27. The average Bonchev–Trinajstić information content (AvgIpc) is 2.62. The molecule has 0 aliphatic carbocycles. The Kier molecular flexibility index (Phi) is 7.71. The molecule has 0 aliphatic rings. The van der Waals surface area contributed by atoms with Gasteiger partial charge in [-0.25, -0.2) is 4.79 Å². The molecule has 0 saturated carbocycles. The summed E-state index contributed by atoms with van der Waals surface area (Å²) in [6.07, 6.45) is 0.940. The van der Waals surface area contributed by atoms with E-state index in [0.29, 0.717) is 17.0 Å². The zero-order valence-corrected chi connectivity index (χ0v) is 17.1. The number of benzene rings is 2. The van der Waals surface area contributed by atoms with Gasteiger partial charge in [-0.15, -0.1) is 0 Å². The number of aryl methyl sites for hydroxylation is 1. The summed E-state index contributed by atoms with van der Waals surface area (Å²) < 4.78 is 5.66. The summed E-state index contributed by atoms with van der Waals surface area (Å²) in [5, 5.41) is 12.4. The summed E-state index contributed by atoms with van der Waals surface area (Å²) in [6, 6.07) is 10.9. The van der Waals surface area contributed by atoms with E-state index in [2.05, 4.69) is 27.9 Å². The number of alkyl halides is 1. The standard InChI is InChI=1S/C19H19ClINO4/c1-26-19(25)16(11-12-5-7-14(23)8-6-12)22-18(24)17-13(9-10-21)3-2-4-15(17)20/h2-8,16,23H,9-11H2,1H3,(H,22,24)/t16-/m0/s1. The number of methoxy groups -OCH3 is 1. The van der Waals surface area contributed by atoms with Gasteiger partial charge in [-0.05, 0) is 35.7 Å². The van der Waals surface area contributed by atoms with E-state index in [1.807, 2.05) is 6.07 Å². The van der Waals surface area contributed by atoms with Gasteiger partial charge in [-0.2, -0.15) is 0 Å². The highest BCUT2D eigenvalue weighted by Crippen LogP contribution is 2.22. The van der Waals surface area contributed by atoms with E-state index in [0.717, 1.165) is 15.6 Å². The molecule has 138 valence electrons. The van der Waals surface area contributed by atoms with Crippen LogP contribution in [-0.4, -0.2) is 34.6 Å². The van der Waals surface area contributed by atoms with E-state index in [-0.39, 0.29) is 12.2 Å². The molecule has 0 aliphatic heterocycles. The molecule has 7 heteroatoms. The molecule has 0 saturated heterocycles. The molecule has 1 atom stereocenters. The van der Waals surface area contributed by atoms with Gasteiger partial charge in [0.15, 0.2) is 0 Å². The smallest absolute Gasteiger partial charge is 0.328 e. The minimum atomic E-state index is -0.860. The predicted octanol–water partition coefficient (Wildman–Crippen LogP) is 3.54. The van der Waals surface area contributed by atoms with E-state index < -0.39 is 17.9 Å². The number of hydrogen-bond acceptors (Lipinski definition) is 4. The number of esters is 1. The number of carbonyl (C=O) groups is 2. The van der Waals surface area contributed by atoms with Gasteiger partial charge in [-0.1, -0.05) is 58.5 Å². The normalized spacial score (nSPS) is 11.7. The average molecular weight is 488 g/mol. The Balaban J connectivity index is 2.24. The number of hydrogen-bond donors (Lipinski definition) is 2. The molecule has 2 aromatic carbocycles. The van der Waals surface area contributed by atoms with Crippen LogP contribution < -0.4 is 5.32 Å². The fourth-order valence-corrected chi connectivity index (χ4v) is 3.43. The summed E-state index contributed by atoms with van der Waals surface area (Å²) in [5.74, 6) is -0.828. The second kappa shape index (κ2) is 9.78. The highest BCUT2D eigenvalue weighted by molar-refractivity contribution is 14.1. The van der Waals surface area contributed by atoms with Crippen LogP contribution in [0.5, 0.6) is 5.75 Å². The Morgan fingerprint density at radius 2 is 1.92 bits per heavy atom. The maximum atomic E-state index is 12.8. The van der Waals surface area contributed by atoms with E-state index in [1.54, 1.807) is 24.3 Å². The zero-order valence-electron chi connectivity index (χ0n) is 14.2. The molecule has 2 N–H and O–H groups in total. The Hall–Kier alpha value is -1.80. The van der Waals surface area contributed by atoms with Crippen LogP contribution in [0.2, 0.25) is 5.02 Å². The van der Waals surface area contributed by atoms with Crippen molar-refractivity contribution in [3.8, 4) is 5.75 Å². The molecular formula is C19H19ClINO4. The first-order valence-electron chi connectivity index (χ1n) is 7.96. The van der Waals surface area contributed by atoms with Gasteiger partial charge in [0.05, 0.1) is 17.7 Å². The van der Waals surface area contributed by atoms with Gasteiger partial charge < -0.3 is 15.2 Å². The third-order valence-corrected chi connectivity index (χ3v) is 4.71. The van der Waals surface area contributed by atoms with Gasteiger partial charge in [-0.3, -0.25) is 4.79 Å². The van der Waals surface area contributed by atoms with Gasteiger partial charge in [0.2, 0.25) is 0 Å². The van der Waals surface area contributed by atoms with Crippen molar-refractivity contribution in [3.63, 3.8) is 0 Å². The predicted molar refractivity (Wildman–Crippen MR) is 109 cm³/mol. The van der Waals surface area contributed by atoms with Crippen LogP contribution in [-0.2, 0) is 22.4 Å². The molecule has 0 heterocycles. The van der Waals surface area contributed by atoms with Crippen molar-refractivity contribution in [1.29, 1.82) is 0 Å². The van der Waals surface area contributed by atoms with Crippen LogP contribution in [0.25, 0.3) is 0 Å². The fraction of sp³-hybridized carbons (Fsp3) is 0.263. The first-order valence-corrected chi connectivity index (χ1v) is 9.86. The van der Waals surface area contributed by atoms with Crippen LogP contribution in [0.15, 0.2) is 42.5 Å². The number of carbonyl (C=O) groups excluding carboxylic acids is 2. The topological polar surface area (TPSA) is 75.6 Å². The number of nitrogens with one attached hydrogen (secondary N) is 1. The number of halogens is 2. The SMILES string of the molecule is COC(=O)[C@H](Cc1ccc(O)cc1)NC(=O)c1c(Cl)cccc1CCI. The molecule has 1 amide bonds. The molecule has 0 radical (unpaired) electrons. The van der Waals surface area contributed by atoms with Crippen molar-refractivity contribution in [1.82, 2.24) is 5.32 Å². The highest BCUT2D eigenvalue weighted by atomic mass is 127. The monoisotopic (exact) mass is 487 g/mol. The minimum absolute atomic E-state index is 0.131. The van der Waals surface area contributed by atoms with E-state index >= 15 is 0 Å². The third-order valence-electron chi connectivity index (χ3n) is 3.86. The number of ether oxygens (including phenoxy) is 1. The lowest BCUT2D eigenvalue weighted by molar-refractivity contribution is -0.142. The Bertz CT molecular complexity index is 780. The van der Waals surface area contributed by atoms with Crippen molar-refractivity contribution < 1.29 is 19.4 Å². The number of phenolic OH excluding ortho intramolecular Hbond substituents is 1. The second-order valence-electron chi connectivity index (χ2n) is 5.63. The molecule has 2 aromatic rings. The minimum Gasteiger partial charge on any atom is -0.508 e. The Morgan fingerprint density at radius 1 is 1.23 bits per heavy atom. The lowest BCUT2D eigenvalue weighted by Crippen LogP contribution is -2.43. The van der Waals surface area contributed by atoms with Crippen molar-refractivity contribution in [2.45, 2.75) is 18.9 Å². The first kappa shape index (κ1) is 20.5. The van der Waals surface area contributed by atoms with E-state index in [9.17, 15) is 14.7 Å². The first-order chi connectivity index (χ1) is 12.5. The zero-order chi connectivity index (χ0) is 19.1. The molecule has 0 spiro atoms. The molecule has 0 bridgehead atoms. The largest absolute Gasteiger partial charge is 0.508 e. The summed E-state index contributed by atoms with van der Waals surface area (Å²) >= 11 is 8.46. The molecular weight excluding hydrogens is 469 g/mol. The van der Waals surface area contributed by atoms with Crippen LogP contribution >= 0.6 is 34.2 Å². The van der Waals surface area contributed by atoms with E-state index in [4.69, 9.17) is 16.3 Å². The molecule has 5 nitrogen and oxygen atoms in total. The van der Waals surface area contributed by atoms with Crippen molar-refractivity contribution in [3.05, 3.63) is 64.2 Å². The van der Waals surface area contributed by atoms with Gasteiger partial charge in [0.25, 0.3) is 5.91 Å². The van der Waals surface area contributed by atoms with Crippen molar-refractivity contribution >= 4 is 46.1 Å². The van der Waals surface area contributed by atoms with Gasteiger partial charge in [0, 0.05) is 10.8 Å². The fourth-order valence-electron chi connectivity index (χ4n) is 2.57. The van der Waals surface area contributed by atoms with Crippen LogP contribution in [0, 0.1) is 0 Å². The second-order valence-corrected chi connectivity index (χ2v) is 7.12. The lowest BCUT2D eigenvalue weighted by atomic mass is 10.0. The van der Waals surface area contributed by atoms with Crippen LogP contribution in [0.4, 0.5) is 0 Å². The lowest BCUT2D eigenvalue weighted by Gasteiger charge is -2.18. The van der Waals surface area contributed by atoms with Gasteiger partial charge >= 0.3 is 5.97 Å². The molecule has 0 fully saturated rings. The van der Waals surface area contributed by atoms with E-state index in [1.165, 1.54) is 19.2 Å². The quantitative estimate of drug-likeness (QED) is 0.356. The van der Waals surface area contributed by atoms with Crippen molar-refractivity contribution in [2.24, 2.45) is 0 Å². The highest BCUT2D eigenvalue weighted by Gasteiger charge is 2.25. The molecule has 26 heavy (non-hydrogen) atoms. The Morgan fingerprint density at radius 3 is 2.54 bits per heavy atom. The van der Waals surface area contributed by atoms with Crippen LogP contribution in [0.1, 0.15) is 21.5 Å². The number of aromatic hydroxyl groups is 1. The van der Waals surface area contributed by atoms with Crippen molar-refractivity contribution in [2.75, 3.05) is 11.5 Å². The molecule has 0 unspecified atom stereocenters. The maximum absolute atomic E-state index is 12.8. The summed E-state index contributed by atoms with van der Waals surface area (Å²) in [5.41, 5.74) is 1.99. The molecule has 0 aromatic heterocycles. The number of rotatable bonds is 7. The van der Waals surface area contributed by atoms with Gasteiger partial charge in [0.1, 0.15) is 11.8 Å². The number of amides is 1. The maximum Gasteiger partial charge on any atom is 0.328 e. The third kappa shape index (κ3) is 5.35. The Labute approximate surface area is 170 Å². The summed E-state index contributed by atoms with van der Waals surface area (Å²) in [4.78, 5) is 24.9. The number of phenols is 1. The van der Waals surface area contributed by atoms with Crippen LogP contribution in [0.3, 0.4) is 0 Å². The summed E-state index contributed by atoms with van der Waals surface area (Å²) in [6.45, 7) is 0. The molecule has 2 rings (SSSR count).